The third-order valence-corrected chi connectivity index (χ3v) is 5.50. The van der Waals surface area contributed by atoms with Crippen molar-refractivity contribution in [2.75, 3.05) is 0 Å². The fourth-order valence-electron chi connectivity index (χ4n) is 3.07. The summed E-state index contributed by atoms with van der Waals surface area (Å²) in [5, 5.41) is 0. The molecule has 0 saturated heterocycles. The maximum Gasteiger partial charge on any atom is 0.190 e. The second-order valence-electron chi connectivity index (χ2n) is 9.20. The number of fused-ring (bicyclic) bond motifs is 1. The SMILES string of the molecule is C/C=C1\C=C(C(C)(C)C)C(=O)c2ccccc21.C=C/C=C(\C=C)C(C)(C)CC.C=CC=C. The Balaban J connectivity index is 0.000000553. The van der Waals surface area contributed by atoms with Crippen molar-refractivity contribution in [3.05, 3.63) is 115 Å². The number of carbonyl (C=O) groups excluding carboxylic acids is 1. The molecule has 2 rings (SSSR count). The molecule has 0 saturated carbocycles. The molecule has 1 aliphatic carbocycles. The van der Waals surface area contributed by atoms with Crippen LogP contribution in [-0.4, -0.2) is 5.78 Å². The van der Waals surface area contributed by atoms with E-state index in [2.05, 4.69) is 73.9 Å². The van der Waals surface area contributed by atoms with E-state index >= 15 is 0 Å². The van der Waals surface area contributed by atoms with Gasteiger partial charge in [0.2, 0.25) is 0 Å². The topological polar surface area (TPSA) is 17.1 Å². The number of hydrogen-bond donors (Lipinski definition) is 0. The van der Waals surface area contributed by atoms with Gasteiger partial charge in [0.25, 0.3) is 0 Å². The summed E-state index contributed by atoms with van der Waals surface area (Å²) >= 11 is 0. The first-order chi connectivity index (χ1) is 14.9. The molecule has 0 amide bonds. The average Bonchev–Trinajstić information content (AvgIpc) is 2.77. The molecule has 1 aliphatic rings. The standard InChI is InChI=1S/C16H18O.C11H18.C4H6/c1-5-11-10-14(16(2,3)4)15(17)13-9-7-6-8-12(11)13;1-6-9-10(7-2)11(4,5)8-3;1-3-4-2/h5-10H,1-4H3;6-7,9H,1-2,8H2,3-5H3;3-4H,1-2H2/b11-5+;10-9+;. The number of rotatable bonds is 5. The Morgan fingerprint density at radius 1 is 0.906 bits per heavy atom. The first-order valence-electron chi connectivity index (χ1n) is 11.2. The lowest BCUT2D eigenvalue weighted by molar-refractivity contribution is 0.101. The maximum atomic E-state index is 12.4. The summed E-state index contributed by atoms with van der Waals surface area (Å²) in [6.45, 7) is 29.0. The van der Waals surface area contributed by atoms with Gasteiger partial charge >= 0.3 is 0 Å². The highest BCUT2D eigenvalue weighted by Crippen LogP contribution is 2.37. The molecule has 0 fully saturated rings. The molecule has 0 unspecified atom stereocenters. The van der Waals surface area contributed by atoms with E-state index in [1.807, 2.05) is 55.5 Å². The molecule has 0 aliphatic heterocycles. The number of benzene rings is 1. The Kier molecular flexibility index (Phi) is 12.2. The van der Waals surface area contributed by atoms with Crippen LogP contribution in [0.5, 0.6) is 0 Å². The number of hydrogen-bond acceptors (Lipinski definition) is 1. The van der Waals surface area contributed by atoms with Crippen molar-refractivity contribution in [2.45, 2.75) is 54.9 Å². The van der Waals surface area contributed by atoms with Crippen LogP contribution in [0.3, 0.4) is 0 Å². The molecule has 0 atom stereocenters. The van der Waals surface area contributed by atoms with Crippen LogP contribution in [0.15, 0.2) is 104 Å². The number of ketones is 1. The predicted octanol–water partition coefficient (Wildman–Crippen LogP) is 9.34. The van der Waals surface area contributed by atoms with Gasteiger partial charge < -0.3 is 0 Å². The summed E-state index contributed by atoms with van der Waals surface area (Å²) in [5.41, 5.74) is 5.29. The van der Waals surface area contributed by atoms with Crippen LogP contribution in [0.4, 0.5) is 0 Å². The van der Waals surface area contributed by atoms with E-state index in [0.717, 1.165) is 28.7 Å². The highest BCUT2D eigenvalue weighted by molar-refractivity contribution is 6.16. The van der Waals surface area contributed by atoms with Crippen molar-refractivity contribution >= 4 is 11.4 Å². The van der Waals surface area contributed by atoms with Gasteiger partial charge in [-0.25, -0.2) is 0 Å². The monoisotopic (exact) mass is 430 g/mol. The molecule has 1 heteroatoms. The zero-order valence-corrected chi connectivity index (χ0v) is 21.3. The molecular formula is C31H42O. The zero-order valence-electron chi connectivity index (χ0n) is 21.3. The van der Waals surface area contributed by atoms with Gasteiger partial charge in [-0.1, -0.05) is 129 Å². The van der Waals surface area contributed by atoms with Crippen LogP contribution in [0.1, 0.15) is 70.8 Å². The van der Waals surface area contributed by atoms with Crippen LogP contribution in [0.2, 0.25) is 0 Å². The second-order valence-corrected chi connectivity index (χ2v) is 9.20. The van der Waals surface area contributed by atoms with Crippen LogP contribution < -0.4 is 0 Å². The minimum absolute atomic E-state index is 0.112. The number of carbonyl (C=O) groups is 1. The molecule has 0 aromatic heterocycles. The molecule has 0 N–H and O–H groups in total. The summed E-state index contributed by atoms with van der Waals surface area (Å²) < 4.78 is 0. The lowest BCUT2D eigenvalue weighted by Crippen LogP contribution is -2.22. The summed E-state index contributed by atoms with van der Waals surface area (Å²) in [7, 11) is 0. The van der Waals surface area contributed by atoms with E-state index in [9.17, 15) is 4.79 Å². The largest absolute Gasteiger partial charge is 0.289 e. The fourth-order valence-corrected chi connectivity index (χ4v) is 3.07. The smallest absolute Gasteiger partial charge is 0.190 e. The van der Waals surface area contributed by atoms with Crippen LogP contribution in [0.25, 0.3) is 5.57 Å². The van der Waals surface area contributed by atoms with Crippen molar-refractivity contribution in [2.24, 2.45) is 10.8 Å². The molecule has 1 aromatic rings. The Morgan fingerprint density at radius 2 is 1.44 bits per heavy atom. The van der Waals surface area contributed by atoms with Crippen LogP contribution in [0, 0.1) is 10.8 Å². The molecule has 0 bridgehead atoms. The Morgan fingerprint density at radius 3 is 1.81 bits per heavy atom. The average molecular weight is 431 g/mol. The lowest BCUT2D eigenvalue weighted by atomic mass is 9.76. The van der Waals surface area contributed by atoms with Crippen molar-refractivity contribution < 1.29 is 4.79 Å². The minimum Gasteiger partial charge on any atom is -0.289 e. The van der Waals surface area contributed by atoms with E-state index in [1.54, 1.807) is 12.2 Å². The molecule has 172 valence electrons. The van der Waals surface area contributed by atoms with Gasteiger partial charge in [-0.3, -0.25) is 4.79 Å². The molecule has 1 aromatic carbocycles. The normalized spacial score (nSPS) is 14.6. The Hall–Kier alpha value is -2.93. The quantitative estimate of drug-likeness (QED) is 0.425. The first kappa shape index (κ1) is 29.1. The summed E-state index contributed by atoms with van der Waals surface area (Å²) in [6, 6.07) is 7.83. The summed E-state index contributed by atoms with van der Waals surface area (Å²) in [6.07, 6.45) is 14.2. The van der Waals surface area contributed by atoms with Gasteiger partial charge in [-0.15, -0.1) is 0 Å². The third kappa shape index (κ3) is 8.30. The van der Waals surface area contributed by atoms with E-state index in [0.29, 0.717) is 0 Å². The predicted molar refractivity (Wildman–Crippen MR) is 145 cm³/mol. The highest BCUT2D eigenvalue weighted by Gasteiger charge is 2.30. The lowest BCUT2D eigenvalue weighted by Gasteiger charge is -2.27. The van der Waals surface area contributed by atoms with Gasteiger partial charge in [0.05, 0.1) is 0 Å². The summed E-state index contributed by atoms with van der Waals surface area (Å²) in [4.78, 5) is 12.4. The van der Waals surface area contributed by atoms with Crippen molar-refractivity contribution in [1.29, 1.82) is 0 Å². The Bertz CT molecular complexity index is 902. The molecule has 0 heterocycles. The summed E-state index contributed by atoms with van der Waals surface area (Å²) in [5.74, 6) is 0.165. The van der Waals surface area contributed by atoms with Gasteiger partial charge in [-0.05, 0) is 47.0 Å². The molecular weight excluding hydrogens is 388 g/mol. The van der Waals surface area contributed by atoms with E-state index < -0.39 is 0 Å². The zero-order chi connectivity index (χ0) is 24.9. The maximum absolute atomic E-state index is 12.4. The number of Topliss-reactive ketones (excluding diaryl/α,β-unsaturated/α-hetero) is 1. The van der Waals surface area contributed by atoms with E-state index in [1.165, 1.54) is 5.57 Å². The van der Waals surface area contributed by atoms with Crippen molar-refractivity contribution in [3.8, 4) is 0 Å². The van der Waals surface area contributed by atoms with Gasteiger partial charge in [0, 0.05) is 11.1 Å². The van der Waals surface area contributed by atoms with Gasteiger partial charge in [0.1, 0.15) is 0 Å². The van der Waals surface area contributed by atoms with Crippen LogP contribution >= 0.6 is 0 Å². The second kappa shape index (κ2) is 13.5. The van der Waals surface area contributed by atoms with Crippen molar-refractivity contribution in [1.82, 2.24) is 0 Å². The molecule has 32 heavy (non-hydrogen) atoms. The van der Waals surface area contributed by atoms with Gasteiger partial charge in [-0.2, -0.15) is 0 Å². The highest BCUT2D eigenvalue weighted by atomic mass is 16.1. The fraction of sp³-hybridized carbons (Fsp3) is 0.323. The molecule has 1 nitrogen and oxygen atoms in total. The third-order valence-electron chi connectivity index (χ3n) is 5.50. The minimum atomic E-state index is -0.112. The molecule has 0 radical (unpaired) electrons. The van der Waals surface area contributed by atoms with E-state index in [4.69, 9.17) is 0 Å². The Labute approximate surface area is 197 Å². The number of allylic oxidation sites excluding steroid dienone is 10. The molecule has 0 spiro atoms. The first-order valence-corrected chi connectivity index (χ1v) is 11.2. The van der Waals surface area contributed by atoms with Gasteiger partial charge in [0.15, 0.2) is 5.78 Å². The van der Waals surface area contributed by atoms with Crippen LogP contribution in [-0.2, 0) is 0 Å². The van der Waals surface area contributed by atoms with Crippen molar-refractivity contribution in [3.63, 3.8) is 0 Å². The van der Waals surface area contributed by atoms with E-state index in [-0.39, 0.29) is 16.6 Å².